The number of nitrogens with zero attached hydrogens (tertiary/aromatic N) is 3. The van der Waals surface area contributed by atoms with E-state index in [1.807, 2.05) is 47.5 Å². The summed E-state index contributed by atoms with van der Waals surface area (Å²) in [6.07, 6.45) is 0.859. The van der Waals surface area contributed by atoms with E-state index >= 15 is 0 Å². The third kappa shape index (κ3) is 2.79. The maximum atomic E-state index is 9.53. The minimum absolute atomic E-state index is 0.368. The molecule has 4 nitrogen and oxygen atoms in total. The van der Waals surface area contributed by atoms with E-state index < -0.39 is 0 Å². The van der Waals surface area contributed by atoms with Gasteiger partial charge in [-0.1, -0.05) is 42.5 Å². The van der Waals surface area contributed by atoms with Gasteiger partial charge in [-0.05, 0) is 23.3 Å². The lowest BCUT2D eigenvalue weighted by Gasteiger charge is -2.20. The summed E-state index contributed by atoms with van der Waals surface area (Å²) < 4.78 is 5.16. The molecule has 0 amide bonds. The first-order valence-electron chi connectivity index (χ1n) is 7.25. The normalized spacial score (nSPS) is 15.1. The highest BCUT2D eigenvalue weighted by molar-refractivity contribution is 6.01. The van der Waals surface area contributed by atoms with Gasteiger partial charge in [-0.15, -0.1) is 0 Å². The van der Waals surface area contributed by atoms with Gasteiger partial charge in [0.1, 0.15) is 5.75 Å². The summed E-state index contributed by atoms with van der Waals surface area (Å²) in [6.45, 7) is 0.758. The molecule has 0 spiro atoms. The Labute approximate surface area is 130 Å². The fraction of sp³-hybridized carbons (Fsp3) is 0.222. The standard InChI is InChI=1S/C18H17N3O/c1-22-16-9-7-15(8-10-16)18(13-19)21-12-11-17(20-21)14-5-3-2-4-6-14/h2-10,18H,11-12H2,1H3/t18-/m0/s1. The van der Waals surface area contributed by atoms with Gasteiger partial charge in [0.2, 0.25) is 0 Å². The van der Waals surface area contributed by atoms with Crippen molar-refractivity contribution < 1.29 is 4.74 Å². The molecule has 0 saturated heterocycles. The third-order valence-electron chi connectivity index (χ3n) is 3.79. The van der Waals surface area contributed by atoms with E-state index in [1.54, 1.807) is 7.11 Å². The molecule has 2 aromatic rings. The van der Waals surface area contributed by atoms with E-state index in [0.29, 0.717) is 0 Å². The predicted octanol–water partition coefficient (Wildman–Crippen LogP) is 3.37. The maximum absolute atomic E-state index is 9.53. The Morgan fingerprint density at radius 1 is 1.14 bits per heavy atom. The molecule has 1 aliphatic heterocycles. The highest BCUT2D eigenvalue weighted by Gasteiger charge is 2.24. The van der Waals surface area contributed by atoms with Crippen molar-refractivity contribution in [3.63, 3.8) is 0 Å². The largest absolute Gasteiger partial charge is 0.497 e. The van der Waals surface area contributed by atoms with E-state index in [2.05, 4.69) is 23.3 Å². The molecule has 3 rings (SSSR count). The molecule has 2 aromatic carbocycles. The van der Waals surface area contributed by atoms with Crippen molar-refractivity contribution in [2.24, 2.45) is 5.10 Å². The lowest BCUT2D eigenvalue weighted by atomic mass is 10.1. The monoisotopic (exact) mass is 291 g/mol. The first-order chi connectivity index (χ1) is 10.8. The second kappa shape index (κ2) is 6.31. The molecule has 0 N–H and O–H groups in total. The molecule has 0 bridgehead atoms. The molecule has 22 heavy (non-hydrogen) atoms. The Morgan fingerprint density at radius 3 is 2.50 bits per heavy atom. The van der Waals surface area contributed by atoms with Gasteiger partial charge in [-0.3, -0.25) is 5.01 Å². The van der Waals surface area contributed by atoms with Crippen molar-refractivity contribution in [1.82, 2.24) is 5.01 Å². The molecule has 1 atom stereocenters. The van der Waals surface area contributed by atoms with Crippen LogP contribution in [0.3, 0.4) is 0 Å². The molecule has 0 saturated carbocycles. The molecule has 110 valence electrons. The van der Waals surface area contributed by atoms with Crippen LogP contribution in [0, 0.1) is 11.3 Å². The molecule has 0 unspecified atom stereocenters. The van der Waals surface area contributed by atoms with Gasteiger partial charge in [-0.25, -0.2) is 0 Å². The SMILES string of the molecule is COc1ccc([C@H](C#N)N2CCC(c3ccccc3)=N2)cc1. The molecule has 1 aliphatic rings. The zero-order valence-corrected chi connectivity index (χ0v) is 12.4. The van der Waals surface area contributed by atoms with Crippen molar-refractivity contribution in [2.45, 2.75) is 12.5 Å². The van der Waals surface area contributed by atoms with Gasteiger partial charge in [0.05, 0.1) is 18.9 Å². The number of benzene rings is 2. The average molecular weight is 291 g/mol. The first-order valence-corrected chi connectivity index (χ1v) is 7.25. The van der Waals surface area contributed by atoms with Crippen LogP contribution in [0.4, 0.5) is 0 Å². The number of methoxy groups -OCH3 is 1. The molecule has 0 radical (unpaired) electrons. The molecule has 1 heterocycles. The number of hydrogen-bond donors (Lipinski definition) is 0. The second-order valence-electron chi connectivity index (χ2n) is 5.13. The Hall–Kier alpha value is -2.80. The summed E-state index contributed by atoms with van der Waals surface area (Å²) in [5, 5.41) is 16.0. The fourth-order valence-corrected chi connectivity index (χ4v) is 2.59. The summed E-state index contributed by atoms with van der Waals surface area (Å²) in [4.78, 5) is 0. The number of hydrogen-bond acceptors (Lipinski definition) is 4. The van der Waals surface area contributed by atoms with Crippen molar-refractivity contribution in [2.75, 3.05) is 13.7 Å². The minimum Gasteiger partial charge on any atom is -0.497 e. The van der Waals surface area contributed by atoms with Crippen LogP contribution in [0.15, 0.2) is 59.7 Å². The van der Waals surface area contributed by atoms with Gasteiger partial charge in [-0.2, -0.15) is 10.4 Å². The zero-order chi connectivity index (χ0) is 15.4. The number of nitriles is 1. The van der Waals surface area contributed by atoms with Crippen molar-refractivity contribution >= 4 is 5.71 Å². The first kappa shape index (κ1) is 14.2. The Balaban J connectivity index is 1.83. The fourth-order valence-electron chi connectivity index (χ4n) is 2.59. The highest BCUT2D eigenvalue weighted by atomic mass is 16.5. The van der Waals surface area contributed by atoms with Crippen molar-refractivity contribution in [3.05, 3.63) is 65.7 Å². The third-order valence-corrected chi connectivity index (χ3v) is 3.79. The molecule has 0 aliphatic carbocycles. The second-order valence-corrected chi connectivity index (χ2v) is 5.13. The average Bonchev–Trinajstić information content (AvgIpc) is 3.07. The van der Waals surface area contributed by atoms with E-state index in [9.17, 15) is 5.26 Å². The van der Waals surface area contributed by atoms with Gasteiger partial charge in [0.25, 0.3) is 0 Å². The van der Waals surface area contributed by atoms with Gasteiger partial charge in [0.15, 0.2) is 6.04 Å². The summed E-state index contributed by atoms with van der Waals surface area (Å²) in [7, 11) is 1.63. The van der Waals surface area contributed by atoms with Gasteiger partial charge < -0.3 is 4.74 Å². The quantitative estimate of drug-likeness (QED) is 0.867. The maximum Gasteiger partial charge on any atom is 0.158 e. The van der Waals surface area contributed by atoms with E-state index in [1.165, 1.54) is 0 Å². The predicted molar refractivity (Wildman–Crippen MR) is 85.7 cm³/mol. The number of rotatable bonds is 4. The van der Waals surface area contributed by atoms with Crippen molar-refractivity contribution in [1.29, 1.82) is 5.26 Å². The molecule has 0 aromatic heterocycles. The number of hydrazone groups is 1. The summed E-state index contributed by atoms with van der Waals surface area (Å²) in [6, 6.07) is 19.7. The Morgan fingerprint density at radius 2 is 1.86 bits per heavy atom. The highest BCUT2D eigenvalue weighted by Crippen LogP contribution is 2.26. The summed E-state index contributed by atoms with van der Waals surface area (Å²) in [5.41, 5.74) is 3.09. The van der Waals surface area contributed by atoms with Crippen LogP contribution in [-0.2, 0) is 0 Å². The molecule has 0 fully saturated rings. The van der Waals surface area contributed by atoms with Gasteiger partial charge in [0, 0.05) is 13.0 Å². The van der Waals surface area contributed by atoms with Crippen LogP contribution in [0.1, 0.15) is 23.6 Å². The van der Waals surface area contributed by atoms with E-state index in [0.717, 1.165) is 35.6 Å². The van der Waals surface area contributed by atoms with Crippen molar-refractivity contribution in [3.8, 4) is 11.8 Å². The summed E-state index contributed by atoms with van der Waals surface area (Å²) >= 11 is 0. The molecule has 4 heteroatoms. The minimum atomic E-state index is -0.368. The molecular formula is C18H17N3O. The smallest absolute Gasteiger partial charge is 0.158 e. The molecular weight excluding hydrogens is 274 g/mol. The lowest BCUT2D eigenvalue weighted by molar-refractivity contribution is 0.274. The van der Waals surface area contributed by atoms with Crippen LogP contribution < -0.4 is 4.74 Å². The van der Waals surface area contributed by atoms with Crippen LogP contribution in [0.5, 0.6) is 5.75 Å². The summed E-state index contributed by atoms with van der Waals surface area (Å²) in [5.74, 6) is 0.787. The van der Waals surface area contributed by atoms with E-state index in [-0.39, 0.29) is 6.04 Å². The zero-order valence-electron chi connectivity index (χ0n) is 12.4. The lowest BCUT2D eigenvalue weighted by Crippen LogP contribution is -2.20. The number of ether oxygens (including phenoxy) is 1. The Bertz CT molecular complexity index is 701. The van der Waals surface area contributed by atoms with E-state index in [4.69, 9.17) is 4.74 Å². The van der Waals surface area contributed by atoms with Crippen LogP contribution in [0.25, 0.3) is 0 Å². The topological polar surface area (TPSA) is 48.6 Å². The van der Waals surface area contributed by atoms with Gasteiger partial charge >= 0.3 is 0 Å². The van der Waals surface area contributed by atoms with Crippen LogP contribution in [-0.4, -0.2) is 24.4 Å². The Kier molecular flexibility index (Phi) is 4.06. The van der Waals surface area contributed by atoms with Crippen LogP contribution >= 0.6 is 0 Å². The van der Waals surface area contributed by atoms with Crippen LogP contribution in [0.2, 0.25) is 0 Å².